The van der Waals surface area contributed by atoms with Crippen LogP contribution in [0.25, 0.3) is 0 Å². The summed E-state index contributed by atoms with van der Waals surface area (Å²) in [4.78, 5) is 25.9. The molecule has 0 aromatic rings. The highest BCUT2D eigenvalue weighted by Crippen LogP contribution is 2.23. The van der Waals surface area contributed by atoms with Crippen LogP contribution in [-0.2, 0) is 14.3 Å². The Balaban J connectivity index is 2.32. The van der Waals surface area contributed by atoms with Crippen molar-refractivity contribution in [1.29, 1.82) is 0 Å². The molecule has 1 amide bonds. The van der Waals surface area contributed by atoms with E-state index in [1.807, 2.05) is 44.7 Å². The van der Waals surface area contributed by atoms with Crippen LogP contribution in [0, 0.1) is 0 Å². The molecule has 0 aromatic carbocycles. The number of hydrogen-bond donors (Lipinski definition) is 1. The number of unbranched alkanes of at least 4 members (excludes halogenated alkanes) is 5. The Hall–Kier alpha value is -1.36. The summed E-state index contributed by atoms with van der Waals surface area (Å²) in [6.07, 6.45) is 13.6. The van der Waals surface area contributed by atoms with Gasteiger partial charge in [-0.3, -0.25) is 9.59 Å². The fourth-order valence-electron chi connectivity index (χ4n) is 3.68. The second-order valence-corrected chi connectivity index (χ2v) is 9.62. The highest BCUT2D eigenvalue weighted by molar-refractivity contribution is 5.79. The van der Waals surface area contributed by atoms with Gasteiger partial charge in [0.2, 0.25) is 5.91 Å². The SMILES string of the molecule is CCCCCC(C)(O)C=CC1CCC(=O)N1CCCCCCC(=O)OC(C)(C)C. The summed E-state index contributed by atoms with van der Waals surface area (Å²) in [5.74, 6) is 0.0717. The molecule has 29 heavy (non-hydrogen) atoms. The van der Waals surface area contributed by atoms with Crippen molar-refractivity contribution in [3.05, 3.63) is 12.2 Å². The van der Waals surface area contributed by atoms with Gasteiger partial charge in [0.25, 0.3) is 0 Å². The molecule has 0 aromatic heterocycles. The lowest BCUT2D eigenvalue weighted by Gasteiger charge is -2.24. The van der Waals surface area contributed by atoms with E-state index in [2.05, 4.69) is 6.92 Å². The van der Waals surface area contributed by atoms with Gasteiger partial charge in [0.1, 0.15) is 5.60 Å². The van der Waals surface area contributed by atoms with Gasteiger partial charge in [0.15, 0.2) is 0 Å². The van der Waals surface area contributed by atoms with E-state index in [9.17, 15) is 14.7 Å². The molecule has 0 radical (unpaired) electrons. The topological polar surface area (TPSA) is 66.8 Å². The summed E-state index contributed by atoms with van der Waals surface area (Å²) >= 11 is 0. The molecule has 0 saturated carbocycles. The zero-order valence-corrected chi connectivity index (χ0v) is 19.3. The third-order valence-electron chi connectivity index (χ3n) is 5.29. The lowest BCUT2D eigenvalue weighted by atomic mass is 9.97. The Labute approximate surface area is 177 Å². The highest BCUT2D eigenvalue weighted by Gasteiger charge is 2.29. The van der Waals surface area contributed by atoms with E-state index < -0.39 is 11.2 Å². The van der Waals surface area contributed by atoms with E-state index in [0.717, 1.165) is 64.3 Å². The van der Waals surface area contributed by atoms with Crippen molar-refractivity contribution < 1.29 is 19.4 Å². The average molecular weight is 410 g/mol. The number of amides is 1. The molecule has 1 aliphatic rings. The van der Waals surface area contributed by atoms with Crippen molar-refractivity contribution in [3.63, 3.8) is 0 Å². The van der Waals surface area contributed by atoms with Crippen LogP contribution in [0.3, 0.4) is 0 Å². The van der Waals surface area contributed by atoms with Crippen LogP contribution in [0.2, 0.25) is 0 Å². The molecule has 0 aliphatic carbocycles. The van der Waals surface area contributed by atoms with E-state index in [1.54, 1.807) is 0 Å². The van der Waals surface area contributed by atoms with Crippen molar-refractivity contribution >= 4 is 11.9 Å². The van der Waals surface area contributed by atoms with Crippen molar-refractivity contribution in [2.24, 2.45) is 0 Å². The van der Waals surface area contributed by atoms with Gasteiger partial charge in [0, 0.05) is 19.4 Å². The predicted molar refractivity (Wildman–Crippen MR) is 118 cm³/mol. The molecule has 5 nitrogen and oxygen atoms in total. The first-order valence-electron chi connectivity index (χ1n) is 11.5. The third kappa shape index (κ3) is 11.4. The molecule has 0 spiro atoms. The lowest BCUT2D eigenvalue weighted by Crippen LogP contribution is -2.33. The summed E-state index contributed by atoms with van der Waals surface area (Å²) < 4.78 is 5.32. The Bertz CT molecular complexity index is 533. The molecule has 1 saturated heterocycles. The van der Waals surface area contributed by atoms with Crippen molar-refractivity contribution in [3.8, 4) is 0 Å². The molecular weight excluding hydrogens is 366 g/mol. The van der Waals surface area contributed by atoms with Crippen LogP contribution in [0.1, 0.15) is 105 Å². The molecule has 1 rings (SSSR count). The smallest absolute Gasteiger partial charge is 0.306 e. The van der Waals surface area contributed by atoms with Gasteiger partial charge in [-0.25, -0.2) is 0 Å². The zero-order valence-electron chi connectivity index (χ0n) is 19.3. The van der Waals surface area contributed by atoms with Gasteiger partial charge in [-0.1, -0.05) is 51.2 Å². The van der Waals surface area contributed by atoms with Gasteiger partial charge in [-0.15, -0.1) is 0 Å². The van der Waals surface area contributed by atoms with Crippen LogP contribution in [0.15, 0.2) is 12.2 Å². The lowest BCUT2D eigenvalue weighted by molar-refractivity contribution is -0.154. The highest BCUT2D eigenvalue weighted by atomic mass is 16.6. The number of ether oxygens (including phenoxy) is 1. The molecule has 1 heterocycles. The first-order valence-corrected chi connectivity index (χ1v) is 11.5. The van der Waals surface area contributed by atoms with E-state index in [4.69, 9.17) is 4.74 Å². The Kier molecular flexibility index (Phi) is 10.9. The maximum Gasteiger partial charge on any atom is 0.306 e. The summed E-state index contributed by atoms with van der Waals surface area (Å²) in [7, 11) is 0. The van der Waals surface area contributed by atoms with Crippen LogP contribution in [-0.4, -0.2) is 45.7 Å². The van der Waals surface area contributed by atoms with Crippen LogP contribution in [0.4, 0.5) is 0 Å². The molecule has 1 fully saturated rings. The van der Waals surface area contributed by atoms with Gasteiger partial charge < -0.3 is 14.7 Å². The molecule has 1 aliphatic heterocycles. The summed E-state index contributed by atoms with van der Waals surface area (Å²) in [6.45, 7) is 10.4. The molecule has 0 bridgehead atoms. The monoisotopic (exact) mass is 409 g/mol. The molecule has 2 atom stereocenters. The summed E-state index contributed by atoms with van der Waals surface area (Å²) in [6, 6.07) is 0.0990. The number of esters is 1. The van der Waals surface area contributed by atoms with Crippen LogP contribution >= 0.6 is 0 Å². The minimum atomic E-state index is -0.797. The molecule has 2 unspecified atom stereocenters. The number of aliphatic hydroxyl groups is 1. The van der Waals surface area contributed by atoms with E-state index in [1.165, 1.54) is 0 Å². The zero-order chi connectivity index (χ0) is 21.9. The fraction of sp³-hybridized carbons (Fsp3) is 0.833. The number of hydrogen-bond acceptors (Lipinski definition) is 4. The number of nitrogens with zero attached hydrogens (tertiary/aromatic N) is 1. The summed E-state index contributed by atoms with van der Waals surface area (Å²) in [5.41, 5.74) is -1.22. The maximum absolute atomic E-state index is 12.2. The molecule has 5 heteroatoms. The third-order valence-corrected chi connectivity index (χ3v) is 5.29. The normalized spacial score (nSPS) is 19.7. The molecular formula is C24H43NO4. The first-order chi connectivity index (χ1) is 13.5. The first kappa shape index (κ1) is 25.7. The Morgan fingerprint density at radius 2 is 1.83 bits per heavy atom. The minimum Gasteiger partial charge on any atom is -0.460 e. The quantitative estimate of drug-likeness (QED) is 0.259. The number of likely N-dealkylation sites (tertiary alicyclic amines) is 1. The number of carbonyl (C=O) groups excluding carboxylic acids is 2. The number of rotatable bonds is 13. The predicted octanol–water partition coefficient (Wildman–Crippen LogP) is 5.16. The van der Waals surface area contributed by atoms with Gasteiger partial charge >= 0.3 is 5.97 Å². The Morgan fingerprint density at radius 3 is 2.48 bits per heavy atom. The average Bonchev–Trinajstić information content (AvgIpc) is 2.95. The van der Waals surface area contributed by atoms with Crippen molar-refractivity contribution in [2.75, 3.05) is 6.54 Å². The maximum atomic E-state index is 12.2. The molecule has 168 valence electrons. The van der Waals surface area contributed by atoms with Crippen LogP contribution in [0.5, 0.6) is 0 Å². The van der Waals surface area contributed by atoms with E-state index in [0.29, 0.717) is 12.8 Å². The van der Waals surface area contributed by atoms with Crippen LogP contribution < -0.4 is 0 Å². The number of carbonyl (C=O) groups is 2. The van der Waals surface area contributed by atoms with Gasteiger partial charge in [0.05, 0.1) is 11.6 Å². The standard InChI is InChI=1S/C24H43NO4/c1-6-7-11-17-24(5,28)18-16-20-14-15-21(26)25(20)19-12-9-8-10-13-22(27)29-23(2,3)4/h16,18,20,28H,6-15,17,19H2,1-5H3. The summed E-state index contributed by atoms with van der Waals surface area (Å²) in [5, 5.41) is 10.5. The minimum absolute atomic E-state index is 0.0990. The van der Waals surface area contributed by atoms with E-state index >= 15 is 0 Å². The largest absolute Gasteiger partial charge is 0.460 e. The van der Waals surface area contributed by atoms with Gasteiger partial charge in [-0.05, 0) is 53.4 Å². The second kappa shape index (κ2) is 12.4. The fourth-order valence-corrected chi connectivity index (χ4v) is 3.68. The van der Waals surface area contributed by atoms with Crippen molar-refractivity contribution in [1.82, 2.24) is 4.90 Å². The van der Waals surface area contributed by atoms with Gasteiger partial charge in [-0.2, -0.15) is 0 Å². The molecule has 1 N–H and O–H groups in total. The Morgan fingerprint density at radius 1 is 1.14 bits per heavy atom. The second-order valence-electron chi connectivity index (χ2n) is 9.62. The van der Waals surface area contributed by atoms with E-state index in [-0.39, 0.29) is 17.9 Å². The van der Waals surface area contributed by atoms with Crippen molar-refractivity contribution in [2.45, 2.75) is 122 Å².